The highest BCUT2D eigenvalue weighted by molar-refractivity contribution is 5.93. The molecule has 2 aliphatic rings. The number of hydrogen-bond donors (Lipinski definition) is 2. The van der Waals surface area contributed by atoms with E-state index in [9.17, 15) is 19.2 Å². The van der Waals surface area contributed by atoms with Gasteiger partial charge in [-0.2, -0.15) is 0 Å². The van der Waals surface area contributed by atoms with Gasteiger partial charge in [-0.15, -0.1) is 0 Å². The van der Waals surface area contributed by atoms with Gasteiger partial charge in [0.1, 0.15) is 31.9 Å². The van der Waals surface area contributed by atoms with E-state index in [1.807, 2.05) is 68.4 Å². The summed E-state index contributed by atoms with van der Waals surface area (Å²) in [6.45, 7) is 6.44. The maximum absolute atomic E-state index is 13.4. The van der Waals surface area contributed by atoms with Crippen LogP contribution in [0.2, 0.25) is 0 Å². The van der Waals surface area contributed by atoms with Gasteiger partial charge in [0.2, 0.25) is 17.7 Å². The zero-order valence-electron chi connectivity index (χ0n) is 27.9. The van der Waals surface area contributed by atoms with Crippen molar-refractivity contribution in [2.24, 2.45) is 5.92 Å². The Labute approximate surface area is 282 Å². The van der Waals surface area contributed by atoms with Crippen LogP contribution in [0.25, 0.3) is 0 Å². The molecule has 2 aliphatic heterocycles. The summed E-state index contributed by atoms with van der Waals surface area (Å²) in [5.41, 5.74) is 0.846. The van der Waals surface area contributed by atoms with Gasteiger partial charge in [0.05, 0.1) is 33.0 Å². The molecule has 2 heterocycles. The molecule has 48 heavy (non-hydrogen) atoms. The van der Waals surface area contributed by atoms with Crippen LogP contribution in [-0.2, 0) is 35.2 Å². The molecule has 1 fully saturated rings. The third-order valence-corrected chi connectivity index (χ3v) is 8.39. The Hall–Kier alpha value is -4.36. The fourth-order valence-corrected chi connectivity index (χ4v) is 5.42. The van der Waals surface area contributed by atoms with E-state index in [0.717, 1.165) is 5.56 Å². The Bertz CT molecular complexity index is 1290. The van der Waals surface area contributed by atoms with Gasteiger partial charge in [-0.1, -0.05) is 62.7 Å². The van der Waals surface area contributed by atoms with Crippen LogP contribution < -0.4 is 20.1 Å². The lowest BCUT2D eigenvalue weighted by molar-refractivity contribution is -0.136. The number of para-hydroxylation sites is 2. The van der Waals surface area contributed by atoms with E-state index in [-0.39, 0.29) is 38.2 Å². The number of hydrogen-bond acceptors (Lipinski definition) is 9. The minimum atomic E-state index is -0.892. The summed E-state index contributed by atoms with van der Waals surface area (Å²) in [7, 11) is 0. The summed E-state index contributed by atoms with van der Waals surface area (Å²) in [4.78, 5) is 55.9. The highest BCUT2D eigenvalue weighted by atomic mass is 16.6. The molecular weight excluding hydrogens is 620 g/mol. The Morgan fingerprint density at radius 2 is 1.48 bits per heavy atom. The number of nitrogens with one attached hydrogen (secondary N) is 2. The molecule has 0 aliphatic carbocycles. The number of amides is 4. The van der Waals surface area contributed by atoms with Crippen LogP contribution in [-0.4, -0.2) is 112 Å². The van der Waals surface area contributed by atoms with Gasteiger partial charge in [0.25, 0.3) is 0 Å². The van der Waals surface area contributed by atoms with E-state index in [2.05, 4.69) is 10.6 Å². The normalized spacial score (nSPS) is 18.8. The van der Waals surface area contributed by atoms with Crippen LogP contribution in [0, 0.1) is 5.92 Å². The SMILES string of the molecule is CC[C@H](C)[C@@H](NC(=O)[C@@H]1CCCN1C(=O)OCc1ccccc1)C(=O)NCC(=O)N1CCOCCOc2ccccc2OCCOCC1. The maximum atomic E-state index is 13.4. The first kappa shape index (κ1) is 36.5. The molecule has 13 heteroatoms. The fourth-order valence-electron chi connectivity index (χ4n) is 5.42. The standard InChI is InChI=1S/C35H48N4O9/c1-3-26(2)32(37-33(41)28-12-9-15-39(28)35(43)48-25-27-10-5-4-6-11-27)34(42)36-24-31(40)38-16-18-44-20-22-46-29-13-7-8-14-30(29)47-23-21-45-19-17-38/h4-8,10-11,13-14,26,28,32H,3,9,12,15-25H2,1-2H3,(H,36,42)(H,37,41)/t26-,28-,32+/m0/s1. The summed E-state index contributed by atoms with van der Waals surface area (Å²) in [6.07, 6.45) is 1.14. The Kier molecular flexibility index (Phi) is 14.8. The second kappa shape index (κ2) is 19.5. The lowest BCUT2D eigenvalue weighted by Gasteiger charge is -2.28. The van der Waals surface area contributed by atoms with Crippen molar-refractivity contribution in [3.63, 3.8) is 0 Å². The van der Waals surface area contributed by atoms with Crippen molar-refractivity contribution < 1.29 is 42.9 Å². The van der Waals surface area contributed by atoms with Crippen molar-refractivity contribution in [2.75, 3.05) is 65.8 Å². The quantitative estimate of drug-likeness (QED) is 0.412. The Morgan fingerprint density at radius 1 is 0.854 bits per heavy atom. The average Bonchev–Trinajstić information content (AvgIpc) is 3.61. The molecule has 1 saturated heterocycles. The number of benzene rings is 2. The second-order valence-electron chi connectivity index (χ2n) is 11.7. The first-order valence-electron chi connectivity index (χ1n) is 16.7. The van der Waals surface area contributed by atoms with Crippen molar-refractivity contribution >= 4 is 23.8 Å². The maximum Gasteiger partial charge on any atom is 0.410 e. The van der Waals surface area contributed by atoms with Gasteiger partial charge < -0.3 is 39.2 Å². The number of fused-ring (bicyclic) bond motifs is 1. The number of carbonyl (C=O) groups excluding carboxylic acids is 4. The molecule has 4 rings (SSSR count). The molecule has 0 unspecified atom stereocenters. The zero-order valence-corrected chi connectivity index (χ0v) is 27.9. The van der Waals surface area contributed by atoms with Crippen LogP contribution in [0.3, 0.4) is 0 Å². The molecular formula is C35H48N4O9. The number of rotatable bonds is 9. The largest absolute Gasteiger partial charge is 0.487 e. The third-order valence-electron chi connectivity index (χ3n) is 8.39. The molecule has 2 N–H and O–H groups in total. The molecule has 4 amide bonds. The van der Waals surface area contributed by atoms with Crippen molar-refractivity contribution in [3.8, 4) is 11.5 Å². The van der Waals surface area contributed by atoms with E-state index in [1.54, 1.807) is 4.90 Å². The van der Waals surface area contributed by atoms with Crippen LogP contribution in [0.15, 0.2) is 54.6 Å². The monoisotopic (exact) mass is 668 g/mol. The lowest BCUT2D eigenvalue weighted by atomic mass is 9.97. The minimum Gasteiger partial charge on any atom is -0.487 e. The van der Waals surface area contributed by atoms with Gasteiger partial charge >= 0.3 is 6.09 Å². The topological polar surface area (TPSA) is 145 Å². The third kappa shape index (κ3) is 11.1. The summed E-state index contributed by atoms with van der Waals surface area (Å²) in [5, 5.41) is 5.57. The van der Waals surface area contributed by atoms with E-state index in [4.69, 9.17) is 23.7 Å². The predicted octanol–water partition coefficient (Wildman–Crippen LogP) is 2.77. The molecule has 0 aromatic heterocycles. The van der Waals surface area contributed by atoms with Crippen molar-refractivity contribution in [1.29, 1.82) is 0 Å². The van der Waals surface area contributed by atoms with E-state index in [1.165, 1.54) is 4.90 Å². The molecule has 2 aromatic rings. The molecule has 2 aromatic carbocycles. The minimum absolute atomic E-state index is 0.101. The number of nitrogens with zero attached hydrogens (tertiary/aromatic N) is 2. The molecule has 0 spiro atoms. The molecule has 262 valence electrons. The summed E-state index contributed by atoms with van der Waals surface area (Å²) in [6, 6.07) is 15.1. The van der Waals surface area contributed by atoms with Gasteiger partial charge in [0, 0.05) is 19.6 Å². The number of carbonyl (C=O) groups is 4. The van der Waals surface area contributed by atoms with Gasteiger partial charge in [-0.05, 0) is 36.5 Å². The van der Waals surface area contributed by atoms with E-state index < -0.39 is 30.0 Å². The van der Waals surface area contributed by atoms with Crippen LogP contribution in [0.4, 0.5) is 4.79 Å². The summed E-state index contributed by atoms with van der Waals surface area (Å²) in [5.74, 6) is -0.180. The van der Waals surface area contributed by atoms with Crippen molar-refractivity contribution in [2.45, 2.75) is 51.8 Å². The average molecular weight is 669 g/mol. The fraction of sp³-hybridized carbons (Fsp3) is 0.543. The molecule has 0 bridgehead atoms. The lowest BCUT2D eigenvalue weighted by Crippen LogP contribution is -2.56. The number of ether oxygens (including phenoxy) is 5. The zero-order chi connectivity index (χ0) is 34.1. The summed E-state index contributed by atoms with van der Waals surface area (Å²) >= 11 is 0. The molecule has 0 saturated carbocycles. The highest BCUT2D eigenvalue weighted by Gasteiger charge is 2.37. The number of likely N-dealkylation sites (tertiary alicyclic amines) is 1. The molecule has 3 atom stereocenters. The van der Waals surface area contributed by atoms with E-state index >= 15 is 0 Å². The summed E-state index contributed by atoms with van der Waals surface area (Å²) < 4.78 is 28.4. The van der Waals surface area contributed by atoms with Gasteiger partial charge in [0.15, 0.2) is 11.5 Å². The van der Waals surface area contributed by atoms with Crippen LogP contribution in [0.1, 0.15) is 38.7 Å². The smallest absolute Gasteiger partial charge is 0.410 e. The van der Waals surface area contributed by atoms with E-state index in [0.29, 0.717) is 76.8 Å². The first-order valence-corrected chi connectivity index (χ1v) is 16.7. The van der Waals surface area contributed by atoms with Crippen LogP contribution >= 0.6 is 0 Å². The Balaban J connectivity index is 1.28. The molecule has 0 radical (unpaired) electrons. The Morgan fingerprint density at radius 3 is 2.10 bits per heavy atom. The van der Waals surface area contributed by atoms with Crippen molar-refractivity contribution in [1.82, 2.24) is 20.4 Å². The van der Waals surface area contributed by atoms with Crippen molar-refractivity contribution in [3.05, 3.63) is 60.2 Å². The predicted molar refractivity (Wildman–Crippen MR) is 176 cm³/mol. The second-order valence-corrected chi connectivity index (χ2v) is 11.7. The van der Waals surface area contributed by atoms with Gasteiger partial charge in [-0.25, -0.2) is 4.79 Å². The highest BCUT2D eigenvalue weighted by Crippen LogP contribution is 2.26. The first-order chi connectivity index (χ1) is 23.4. The van der Waals surface area contributed by atoms with Crippen LogP contribution in [0.5, 0.6) is 11.5 Å². The van der Waals surface area contributed by atoms with Gasteiger partial charge in [-0.3, -0.25) is 19.3 Å². The molecule has 13 nitrogen and oxygen atoms in total.